The van der Waals surface area contributed by atoms with Crippen molar-refractivity contribution in [3.63, 3.8) is 0 Å². The molecule has 0 saturated heterocycles. The molecule has 0 unspecified atom stereocenters. The van der Waals surface area contributed by atoms with Gasteiger partial charge in [-0.2, -0.15) is 4.98 Å². The number of nitrogens with one attached hydrogen (secondary N) is 1. The predicted molar refractivity (Wildman–Crippen MR) is 83.4 cm³/mol. The molecule has 1 N–H and O–H groups in total. The third-order valence-electron chi connectivity index (χ3n) is 3.55. The van der Waals surface area contributed by atoms with Gasteiger partial charge in [-0.25, -0.2) is 0 Å². The molecular formula is C17H16N2O3. The van der Waals surface area contributed by atoms with Crippen LogP contribution in [0, 0.1) is 0 Å². The summed E-state index contributed by atoms with van der Waals surface area (Å²) in [7, 11) is 0. The highest BCUT2D eigenvalue weighted by Crippen LogP contribution is 2.30. The van der Waals surface area contributed by atoms with Gasteiger partial charge in [-0.3, -0.25) is 0 Å². The van der Waals surface area contributed by atoms with E-state index in [-0.39, 0.29) is 0 Å². The Kier molecular flexibility index (Phi) is 3.31. The average Bonchev–Trinajstić information content (AvgIpc) is 2.82. The summed E-state index contributed by atoms with van der Waals surface area (Å²) in [4.78, 5) is 4.40. The molecule has 0 saturated carbocycles. The minimum atomic E-state index is 0.522. The zero-order chi connectivity index (χ0) is 14.8. The van der Waals surface area contributed by atoms with E-state index in [0.717, 1.165) is 34.6 Å². The second-order valence-electron chi connectivity index (χ2n) is 5.17. The van der Waals surface area contributed by atoms with E-state index in [4.69, 9.17) is 13.9 Å². The number of rotatable bonds is 3. The lowest BCUT2D eigenvalue weighted by atomic mass is 10.2. The Balaban J connectivity index is 1.50. The Bertz CT molecular complexity index is 764. The van der Waals surface area contributed by atoms with E-state index >= 15 is 0 Å². The van der Waals surface area contributed by atoms with Crippen molar-refractivity contribution < 1.29 is 13.9 Å². The number of benzene rings is 2. The largest absolute Gasteiger partial charge is 0.490 e. The van der Waals surface area contributed by atoms with E-state index in [1.54, 1.807) is 0 Å². The van der Waals surface area contributed by atoms with Crippen LogP contribution in [-0.2, 0) is 6.54 Å². The standard InChI is InChI=1S/C17H16N2O3/c1-2-5-14-13(4-1)19-17(22-14)18-11-12-6-7-15-16(10-12)21-9-3-8-20-15/h1-2,4-7,10H,3,8-9,11H2,(H,18,19). The summed E-state index contributed by atoms with van der Waals surface area (Å²) in [5.41, 5.74) is 2.72. The maximum atomic E-state index is 5.70. The number of fused-ring (bicyclic) bond motifs is 2. The fourth-order valence-electron chi connectivity index (χ4n) is 2.44. The maximum absolute atomic E-state index is 5.70. The second-order valence-corrected chi connectivity index (χ2v) is 5.17. The van der Waals surface area contributed by atoms with Crippen molar-refractivity contribution in [1.29, 1.82) is 0 Å². The van der Waals surface area contributed by atoms with Crippen LogP contribution in [0.3, 0.4) is 0 Å². The van der Waals surface area contributed by atoms with E-state index < -0.39 is 0 Å². The number of hydrogen-bond acceptors (Lipinski definition) is 5. The molecule has 1 aliphatic heterocycles. The van der Waals surface area contributed by atoms with Crippen molar-refractivity contribution in [2.45, 2.75) is 13.0 Å². The van der Waals surface area contributed by atoms with Gasteiger partial charge in [-0.05, 0) is 29.8 Å². The number of aromatic nitrogens is 1. The van der Waals surface area contributed by atoms with Crippen LogP contribution in [0.2, 0.25) is 0 Å². The molecule has 2 heterocycles. The summed E-state index contributed by atoms with van der Waals surface area (Å²) in [6, 6.07) is 14.2. The van der Waals surface area contributed by atoms with Crippen molar-refractivity contribution in [1.82, 2.24) is 4.98 Å². The van der Waals surface area contributed by atoms with Gasteiger partial charge in [0.15, 0.2) is 17.1 Å². The van der Waals surface area contributed by atoms with Crippen LogP contribution in [0.1, 0.15) is 12.0 Å². The van der Waals surface area contributed by atoms with E-state index in [2.05, 4.69) is 10.3 Å². The van der Waals surface area contributed by atoms with Crippen molar-refractivity contribution in [3.8, 4) is 11.5 Å². The lowest BCUT2D eigenvalue weighted by Gasteiger charge is -2.09. The average molecular weight is 296 g/mol. The topological polar surface area (TPSA) is 56.5 Å². The summed E-state index contributed by atoms with van der Waals surface area (Å²) < 4.78 is 17.0. The second kappa shape index (κ2) is 5.60. The fourth-order valence-corrected chi connectivity index (χ4v) is 2.44. The summed E-state index contributed by atoms with van der Waals surface area (Å²) in [6.07, 6.45) is 0.908. The smallest absolute Gasteiger partial charge is 0.295 e. The first kappa shape index (κ1) is 13.0. The van der Waals surface area contributed by atoms with E-state index in [9.17, 15) is 0 Å². The molecule has 1 aromatic heterocycles. The van der Waals surface area contributed by atoms with Crippen molar-refractivity contribution >= 4 is 17.1 Å². The Morgan fingerprint density at radius 3 is 2.77 bits per heavy atom. The third kappa shape index (κ3) is 2.57. The quantitative estimate of drug-likeness (QED) is 0.800. The molecule has 0 aliphatic carbocycles. The Hall–Kier alpha value is -2.69. The van der Waals surface area contributed by atoms with Crippen molar-refractivity contribution in [2.75, 3.05) is 18.5 Å². The van der Waals surface area contributed by atoms with Gasteiger partial charge in [0.2, 0.25) is 0 Å². The molecule has 0 amide bonds. The summed E-state index contributed by atoms with van der Waals surface area (Å²) in [6.45, 7) is 2.01. The van der Waals surface area contributed by atoms with Crippen LogP contribution in [0.15, 0.2) is 46.9 Å². The zero-order valence-electron chi connectivity index (χ0n) is 12.0. The van der Waals surface area contributed by atoms with Crippen LogP contribution in [0.4, 0.5) is 6.01 Å². The molecule has 4 rings (SSSR count). The highest BCUT2D eigenvalue weighted by molar-refractivity contribution is 5.74. The molecule has 0 atom stereocenters. The number of oxazole rings is 1. The molecule has 1 aliphatic rings. The van der Waals surface area contributed by atoms with E-state index in [1.807, 2.05) is 42.5 Å². The number of para-hydroxylation sites is 2. The number of anilines is 1. The molecule has 5 heteroatoms. The lowest BCUT2D eigenvalue weighted by Crippen LogP contribution is -2.00. The summed E-state index contributed by atoms with van der Waals surface area (Å²) >= 11 is 0. The Labute approximate surface area is 127 Å². The highest BCUT2D eigenvalue weighted by Gasteiger charge is 2.11. The number of nitrogens with zero attached hydrogens (tertiary/aromatic N) is 1. The van der Waals surface area contributed by atoms with Gasteiger partial charge in [0.05, 0.1) is 13.2 Å². The summed E-state index contributed by atoms with van der Waals surface area (Å²) in [5.74, 6) is 1.61. The number of ether oxygens (including phenoxy) is 2. The fraction of sp³-hybridized carbons (Fsp3) is 0.235. The molecule has 0 fully saturated rings. The maximum Gasteiger partial charge on any atom is 0.295 e. The van der Waals surface area contributed by atoms with Gasteiger partial charge in [-0.1, -0.05) is 18.2 Å². The molecule has 5 nitrogen and oxygen atoms in total. The Morgan fingerprint density at radius 2 is 1.86 bits per heavy atom. The zero-order valence-corrected chi connectivity index (χ0v) is 12.0. The first-order valence-electron chi connectivity index (χ1n) is 7.36. The number of hydrogen-bond donors (Lipinski definition) is 1. The van der Waals surface area contributed by atoms with Gasteiger partial charge in [-0.15, -0.1) is 0 Å². The first-order chi connectivity index (χ1) is 10.9. The predicted octanol–water partition coefficient (Wildman–Crippen LogP) is 3.60. The highest BCUT2D eigenvalue weighted by atomic mass is 16.5. The van der Waals surface area contributed by atoms with Gasteiger partial charge < -0.3 is 19.2 Å². The first-order valence-corrected chi connectivity index (χ1v) is 7.36. The monoisotopic (exact) mass is 296 g/mol. The molecule has 0 bridgehead atoms. The van der Waals surface area contributed by atoms with E-state index in [0.29, 0.717) is 25.8 Å². The van der Waals surface area contributed by atoms with Crippen LogP contribution < -0.4 is 14.8 Å². The molecule has 0 spiro atoms. The SMILES string of the molecule is c1ccc2oc(NCc3ccc4c(c3)OCCCO4)nc2c1. The van der Waals surface area contributed by atoms with Crippen molar-refractivity contribution in [2.24, 2.45) is 0 Å². The van der Waals surface area contributed by atoms with Crippen LogP contribution in [-0.4, -0.2) is 18.2 Å². The Morgan fingerprint density at radius 1 is 1.00 bits per heavy atom. The molecule has 3 aromatic rings. The van der Waals surface area contributed by atoms with Gasteiger partial charge in [0.1, 0.15) is 5.52 Å². The molecular weight excluding hydrogens is 280 g/mol. The molecule has 112 valence electrons. The molecule has 0 radical (unpaired) electrons. The summed E-state index contributed by atoms with van der Waals surface area (Å²) in [5, 5.41) is 3.20. The van der Waals surface area contributed by atoms with Gasteiger partial charge in [0, 0.05) is 13.0 Å². The van der Waals surface area contributed by atoms with E-state index in [1.165, 1.54) is 0 Å². The third-order valence-corrected chi connectivity index (χ3v) is 3.55. The van der Waals surface area contributed by atoms with Crippen LogP contribution in [0.5, 0.6) is 11.5 Å². The van der Waals surface area contributed by atoms with Gasteiger partial charge >= 0.3 is 0 Å². The minimum Gasteiger partial charge on any atom is -0.490 e. The van der Waals surface area contributed by atoms with Crippen LogP contribution in [0.25, 0.3) is 11.1 Å². The van der Waals surface area contributed by atoms with Crippen molar-refractivity contribution in [3.05, 3.63) is 48.0 Å². The lowest BCUT2D eigenvalue weighted by molar-refractivity contribution is 0.297. The van der Waals surface area contributed by atoms with Gasteiger partial charge in [0.25, 0.3) is 6.01 Å². The molecule has 22 heavy (non-hydrogen) atoms. The normalized spacial score (nSPS) is 13.8. The molecule has 2 aromatic carbocycles. The minimum absolute atomic E-state index is 0.522. The van der Waals surface area contributed by atoms with Crippen LogP contribution >= 0.6 is 0 Å².